The maximum atomic E-state index is 13.8. The van der Waals surface area contributed by atoms with E-state index < -0.39 is 34.6 Å². The smallest absolute Gasteiger partial charge is 0.257 e. The summed E-state index contributed by atoms with van der Waals surface area (Å²) in [5.74, 6) is -2.39. The lowest BCUT2D eigenvalue weighted by Gasteiger charge is -2.17. The highest BCUT2D eigenvalue weighted by Crippen LogP contribution is 2.28. The van der Waals surface area contributed by atoms with E-state index in [1.807, 2.05) is 0 Å². The maximum absolute atomic E-state index is 13.8. The number of hydrazine groups is 3. The quantitative estimate of drug-likeness (QED) is 0.731. The molecule has 0 radical (unpaired) electrons. The number of urea groups is 1. The first kappa shape index (κ1) is 15.7. The Hall–Kier alpha value is -1.72. The lowest BCUT2D eigenvalue weighted by Crippen LogP contribution is -2.38. The fourth-order valence-electron chi connectivity index (χ4n) is 1.70. The third kappa shape index (κ3) is 3.49. The van der Waals surface area contributed by atoms with E-state index >= 15 is 0 Å². The summed E-state index contributed by atoms with van der Waals surface area (Å²) in [6.45, 7) is 1.34. The van der Waals surface area contributed by atoms with Crippen LogP contribution >= 0.6 is 0 Å². The van der Waals surface area contributed by atoms with Crippen molar-refractivity contribution in [1.29, 1.82) is 0 Å². The summed E-state index contributed by atoms with van der Waals surface area (Å²) in [4.78, 5) is 11.2. The number of nitrogens with one attached hydrogen (secondary N) is 3. The highest BCUT2D eigenvalue weighted by atomic mass is 32.2. The SMILES string of the molecule is Cc1cc(F)c(N2NNNC2=O)cc1S(=O)CC(F)(F)F. The second-order valence-electron chi connectivity index (χ2n) is 4.18. The number of rotatable bonds is 3. The van der Waals surface area contributed by atoms with E-state index in [1.165, 1.54) is 6.92 Å². The van der Waals surface area contributed by atoms with Gasteiger partial charge in [0.1, 0.15) is 17.3 Å². The predicted molar refractivity (Wildman–Crippen MR) is 65.7 cm³/mol. The lowest BCUT2D eigenvalue weighted by molar-refractivity contribution is -0.105. The van der Waals surface area contributed by atoms with Crippen molar-refractivity contribution in [3.63, 3.8) is 0 Å². The Morgan fingerprint density at radius 2 is 2.00 bits per heavy atom. The number of halogens is 4. The second-order valence-corrected chi connectivity index (χ2v) is 5.60. The number of anilines is 1. The van der Waals surface area contributed by atoms with E-state index in [1.54, 1.807) is 0 Å². The molecule has 2 amide bonds. The predicted octanol–water partition coefficient (Wildman–Crippen LogP) is 1.26. The number of alkyl halides is 3. The molecule has 0 saturated carbocycles. The van der Waals surface area contributed by atoms with E-state index in [9.17, 15) is 26.6 Å². The molecule has 1 aromatic rings. The molecule has 3 N–H and O–H groups in total. The molecule has 116 valence electrons. The molecule has 2 rings (SSSR count). The number of nitrogens with zero attached hydrogens (tertiary/aromatic N) is 1. The van der Waals surface area contributed by atoms with Gasteiger partial charge >= 0.3 is 12.2 Å². The zero-order valence-electron chi connectivity index (χ0n) is 10.5. The molecule has 1 aliphatic rings. The van der Waals surface area contributed by atoms with Gasteiger partial charge in [0.2, 0.25) is 0 Å². The van der Waals surface area contributed by atoms with Crippen molar-refractivity contribution in [2.24, 2.45) is 0 Å². The van der Waals surface area contributed by atoms with Gasteiger partial charge in [0.25, 0.3) is 0 Å². The molecule has 21 heavy (non-hydrogen) atoms. The van der Waals surface area contributed by atoms with Gasteiger partial charge in [-0.05, 0) is 24.6 Å². The van der Waals surface area contributed by atoms with E-state index in [2.05, 4.69) is 16.5 Å². The van der Waals surface area contributed by atoms with Crippen molar-refractivity contribution in [1.82, 2.24) is 16.5 Å². The highest BCUT2D eigenvalue weighted by molar-refractivity contribution is 7.85. The van der Waals surface area contributed by atoms with E-state index in [0.29, 0.717) is 5.01 Å². The molecular weight excluding hydrogens is 316 g/mol. The Bertz CT molecular complexity index is 607. The van der Waals surface area contributed by atoms with Crippen molar-refractivity contribution in [3.05, 3.63) is 23.5 Å². The zero-order valence-corrected chi connectivity index (χ0v) is 11.4. The van der Waals surface area contributed by atoms with Gasteiger partial charge in [0, 0.05) is 4.90 Å². The van der Waals surface area contributed by atoms with Crippen LogP contribution in [-0.4, -0.2) is 22.2 Å². The van der Waals surface area contributed by atoms with Crippen LogP contribution < -0.4 is 21.5 Å². The summed E-state index contributed by atoms with van der Waals surface area (Å²) >= 11 is 0. The lowest BCUT2D eigenvalue weighted by atomic mass is 10.2. The summed E-state index contributed by atoms with van der Waals surface area (Å²) in [6, 6.07) is 1.11. The van der Waals surface area contributed by atoms with Crippen LogP contribution in [0.15, 0.2) is 17.0 Å². The van der Waals surface area contributed by atoms with Gasteiger partial charge in [-0.1, -0.05) is 0 Å². The largest absolute Gasteiger partial charge is 0.400 e. The summed E-state index contributed by atoms with van der Waals surface area (Å²) in [6.07, 6.45) is -4.61. The van der Waals surface area contributed by atoms with Crippen LogP contribution in [0.5, 0.6) is 0 Å². The first-order valence-corrected chi connectivity index (χ1v) is 6.87. The number of carbonyl (C=O) groups excluding carboxylic acids is 1. The van der Waals surface area contributed by atoms with Crippen LogP contribution in [0.3, 0.4) is 0 Å². The Morgan fingerprint density at radius 1 is 1.33 bits per heavy atom. The van der Waals surface area contributed by atoms with Crippen LogP contribution in [-0.2, 0) is 10.8 Å². The highest BCUT2D eigenvalue weighted by Gasteiger charge is 2.32. The summed E-state index contributed by atoms with van der Waals surface area (Å²) in [7, 11) is -2.39. The van der Waals surface area contributed by atoms with Crippen LogP contribution in [0.1, 0.15) is 5.56 Å². The topological polar surface area (TPSA) is 73.5 Å². The number of benzene rings is 1. The summed E-state index contributed by atoms with van der Waals surface area (Å²) in [5, 5.41) is 0.711. The molecule has 1 heterocycles. The molecular formula is C10H10F4N4O2S. The fourth-order valence-corrected chi connectivity index (χ4v) is 2.81. The van der Waals surface area contributed by atoms with E-state index in [0.717, 1.165) is 12.1 Å². The third-order valence-electron chi connectivity index (χ3n) is 2.57. The van der Waals surface area contributed by atoms with Gasteiger partial charge < -0.3 is 0 Å². The number of hydrogen-bond donors (Lipinski definition) is 3. The number of carbonyl (C=O) groups is 1. The monoisotopic (exact) mass is 326 g/mol. The molecule has 1 fully saturated rings. The van der Waals surface area contributed by atoms with Crippen molar-refractivity contribution in [2.45, 2.75) is 18.0 Å². The Kier molecular flexibility index (Phi) is 4.16. The minimum absolute atomic E-state index is 0.103. The van der Waals surface area contributed by atoms with Gasteiger partial charge in [0.15, 0.2) is 0 Å². The Morgan fingerprint density at radius 3 is 2.52 bits per heavy atom. The molecule has 1 aromatic carbocycles. The molecule has 1 unspecified atom stereocenters. The van der Waals surface area contributed by atoms with Crippen LogP contribution in [0.2, 0.25) is 0 Å². The van der Waals surface area contributed by atoms with Crippen LogP contribution in [0, 0.1) is 12.7 Å². The van der Waals surface area contributed by atoms with Crippen LogP contribution in [0.4, 0.5) is 28.0 Å². The Balaban J connectivity index is 2.39. The van der Waals surface area contributed by atoms with Crippen molar-refractivity contribution >= 4 is 22.5 Å². The molecule has 1 saturated heterocycles. The molecule has 1 aliphatic heterocycles. The van der Waals surface area contributed by atoms with Gasteiger partial charge in [-0.3, -0.25) is 9.63 Å². The molecule has 6 nitrogen and oxygen atoms in total. The third-order valence-corrected chi connectivity index (χ3v) is 4.09. The maximum Gasteiger partial charge on any atom is 0.400 e. The van der Waals surface area contributed by atoms with Crippen molar-refractivity contribution in [2.75, 3.05) is 10.8 Å². The minimum Gasteiger partial charge on any atom is -0.257 e. The first-order valence-electron chi connectivity index (χ1n) is 5.55. The van der Waals surface area contributed by atoms with Gasteiger partial charge in [-0.2, -0.15) is 13.2 Å². The zero-order chi connectivity index (χ0) is 15.8. The van der Waals surface area contributed by atoms with Crippen molar-refractivity contribution < 1.29 is 26.6 Å². The average Bonchev–Trinajstić information content (AvgIpc) is 2.73. The molecule has 0 spiro atoms. The summed E-state index contributed by atoms with van der Waals surface area (Å²) in [5.41, 5.74) is 6.33. The molecule has 11 heteroatoms. The molecule has 0 aliphatic carbocycles. The van der Waals surface area contributed by atoms with Gasteiger partial charge in [-0.15, -0.1) is 11.1 Å². The molecule has 1 atom stereocenters. The van der Waals surface area contributed by atoms with Gasteiger partial charge in [0.05, 0.1) is 10.8 Å². The standard InChI is InChI=1S/C10H10F4N4O2S/c1-5-2-6(11)7(18-9(19)15-16-17-18)3-8(5)21(20)4-10(12,13)14/h2-3,16-17H,4H2,1H3,(H,15,19). The second kappa shape index (κ2) is 5.58. The van der Waals surface area contributed by atoms with Crippen LogP contribution in [0.25, 0.3) is 0 Å². The van der Waals surface area contributed by atoms with E-state index in [4.69, 9.17) is 0 Å². The Labute approximate surface area is 118 Å². The first-order chi connectivity index (χ1) is 9.69. The fraction of sp³-hybridized carbons (Fsp3) is 0.300. The van der Waals surface area contributed by atoms with Gasteiger partial charge in [-0.25, -0.2) is 14.2 Å². The number of aryl methyl sites for hydroxylation is 1. The average molecular weight is 326 g/mol. The van der Waals surface area contributed by atoms with Crippen molar-refractivity contribution in [3.8, 4) is 0 Å². The summed E-state index contributed by atoms with van der Waals surface area (Å²) < 4.78 is 62.5. The molecule has 0 aromatic heterocycles. The number of hydrogen-bond acceptors (Lipinski definition) is 4. The normalized spacial score (nSPS) is 17.0. The molecule has 0 bridgehead atoms. The van der Waals surface area contributed by atoms with E-state index in [-0.39, 0.29) is 16.1 Å². The number of amides is 2. The minimum atomic E-state index is -4.61.